The lowest BCUT2D eigenvalue weighted by Crippen LogP contribution is -2.30. The molecule has 2 aromatic carbocycles. The van der Waals surface area contributed by atoms with Crippen LogP contribution in [0.25, 0.3) is 0 Å². The van der Waals surface area contributed by atoms with E-state index in [0.717, 1.165) is 24.2 Å². The van der Waals surface area contributed by atoms with Crippen molar-refractivity contribution in [3.05, 3.63) is 58.1 Å². The van der Waals surface area contributed by atoms with E-state index in [0.29, 0.717) is 11.6 Å². The maximum atomic E-state index is 13.0. The first-order valence-corrected chi connectivity index (χ1v) is 9.74. The standard InChI is InChI=1S/C17H17Cl2NO3S/c1-23-13-6-4-12(5-7-13)17-3-2-10-20(17)24(21,22)14-8-9-15(18)16(19)11-14/h4-9,11,17H,2-3,10H2,1H3/t17-/m0/s1. The molecule has 128 valence electrons. The second-order valence-corrected chi connectivity index (χ2v) is 8.33. The maximum absolute atomic E-state index is 13.0. The van der Waals surface area contributed by atoms with Crippen molar-refractivity contribution in [1.29, 1.82) is 0 Å². The predicted octanol–water partition coefficient (Wildman–Crippen LogP) is 4.53. The van der Waals surface area contributed by atoms with Crippen molar-refractivity contribution in [3.8, 4) is 5.75 Å². The average molecular weight is 386 g/mol. The molecule has 0 saturated carbocycles. The highest BCUT2D eigenvalue weighted by molar-refractivity contribution is 7.89. The first kappa shape index (κ1) is 17.5. The van der Waals surface area contributed by atoms with E-state index < -0.39 is 10.0 Å². The molecule has 1 saturated heterocycles. The number of hydrogen-bond acceptors (Lipinski definition) is 3. The summed E-state index contributed by atoms with van der Waals surface area (Å²) in [7, 11) is -2.03. The van der Waals surface area contributed by atoms with Gasteiger partial charge in [-0.15, -0.1) is 0 Å². The van der Waals surface area contributed by atoms with Crippen molar-refractivity contribution in [2.24, 2.45) is 0 Å². The Bertz CT molecular complexity index is 837. The Morgan fingerprint density at radius 1 is 1.08 bits per heavy atom. The van der Waals surface area contributed by atoms with E-state index in [9.17, 15) is 8.42 Å². The Hall–Kier alpha value is -1.27. The minimum atomic E-state index is -3.63. The Morgan fingerprint density at radius 2 is 1.79 bits per heavy atom. The van der Waals surface area contributed by atoms with Gasteiger partial charge in [0.1, 0.15) is 5.75 Å². The first-order valence-electron chi connectivity index (χ1n) is 7.54. The van der Waals surface area contributed by atoms with Crippen LogP contribution in [-0.2, 0) is 10.0 Å². The molecule has 24 heavy (non-hydrogen) atoms. The van der Waals surface area contributed by atoms with Crippen LogP contribution >= 0.6 is 23.2 Å². The van der Waals surface area contributed by atoms with E-state index in [4.69, 9.17) is 27.9 Å². The van der Waals surface area contributed by atoms with Crippen LogP contribution in [0.4, 0.5) is 0 Å². The molecule has 0 radical (unpaired) electrons. The van der Waals surface area contributed by atoms with Crippen molar-refractivity contribution < 1.29 is 13.2 Å². The number of methoxy groups -OCH3 is 1. The van der Waals surface area contributed by atoms with Crippen molar-refractivity contribution in [1.82, 2.24) is 4.31 Å². The number of hydrogen-bond donors (Lipinski definition) is 0. The topological polar surface area (TPSA) is 46.6 Å². The van der Waals surface area contributed by atoms with Crippen molar-refractivity contribution in [2.45, 2.75) is 23.8 Å². The molecule has 0 aromatic heterocycles. The minimum absolute atomic E-state index is 0.164. The zero-order chi connectivity index (χ0) is 17.3. The summed E-state index contributed by atoms with van der Waals surface area (Å²) >= 11 is 11.9. The second kappa shape index (κ2) is 6.92. The molecule has 3 rings (SSSR count). The third-order valence-electron chi connectivity index (χ3n) is 4.20. The fraction of sp³-hybridized carbons (Fsp3) is 0.294. The fourth-order valence-electron chi connectivity index (χ4n) is 2.96. The Labute approximate surface area is 152 Å². The molecule has 0 amide bonds. The van der Waals surface area contributed by atoms with Crippen LogP contribution in [0.15, 0.2) is 47.4 Å². The van der Waals surface area contributed by atoms with E-state index in [1.54, 1.807) is 7.11 Å². The highest BCUT2D eigenvalue weighted by atomic mass is 35.5. The number of rotatable bonds is 4. The summed E-state index contributed by atoms with van der Waals surface area (Å²) in [4.78, 5) is 0.164. The van der Waals surface area contributed by atoms with E-state index in [1.807, 2.05) is 24.3 Å². The number of nitrogens with zero attached hydrogens (tertiary/aromatic N) is 1. The van der Waals surface area contributed by atoms with E-state index in [-0.39, 0.29) is 16.0 Å². The van der Waals surface area contributed by atoms with Gasteiger partial charge in [-0.2, -0.15) is 4.31 Å². The largest absolute Gasteiger partial charge is 0.497 e. The number of halogens is 2. The normalized spacial score (nSPS) is 18.7. The highest BCUT2D eigenvalue weighted by Crippen LogP contribution is 2.38. The molecular formula is C17H17Cl2NO3S. The minimum Gasteiger partial charge on any atom is -0.497 e. The second-order valence-electron chi connectivity index (χ2n) is 5.62. The van der Waals surface area contributed by atoms with Gasteiger partial charge in [-0.3, -0.25) is 0 Å². The molecule has 0 spiro atoms. The fourth-order valence-corrected chi connectivity index (χ4v) is 5.03. The number of sulfonamides is 1. The zero-order valence-electron chi connectivity index (χ0n) is 13.1. The van der Waals surface area contributed by atoms with Crippen molar-refractivity contribution >= 4 is 33.2 Å². The molecule has 1 aliphatic heterocycles. The van der Waals surface area contributed by atoms with Crippen LogP contribution in [0, 0.1) is 0 Å². The van der Waals surface area contributed by atoms with Gasteiger partial charge in [0, 0.05) is 6.54 Å². The summed E-state index contributed by atoms with van der Waals surface area (Å²) in [5.41, 5.74) is 0.955. The van der Waals surface area contributed by atoms with Gasteiger partial charge in [-0.25, -0.2) is 8.42 Å². The van der Waals surface area contributed by atoms with Gasteiger partial charge < -0.3 is 4.74 Å². The molecule has 2 aromatic rings. The maximum Gasteiger partial charge on any atom is 0.243 e. The third-order valence-corrected chi connectivity index (χ3v) is 6.85. The summed E-state index contributed by atoms with van der Waals surface area (Å²) in [6, 6.07) is 11.7. The quantitative estimate of drug-likeness (QED) is 0.776. The lowest BCUT2D eigenvalue weighted by atomic mass is 10.1. The van der Waals surface area contributed by atoms with Crippen molar-refractivity contribution in [2.75, 3.05) is 13.7 Å². The summed E-state index contributed by atoms with van der Waals surface area (Å²) in [5.74, 6) is 0.746. The molecule has 1 atom stereocenters. The monoisotopic (exact) mass is 385 g/mol. The van der Waals surface area contributed by atoms with Gasteiger partial charge >= 0.3 is 0 Å². The van der Waals surface area contributed by atoms with E-state index in [2.05, 4.69) is 0 Å². The summed E-state index contributed by atoms with van der Waals surface area (Å²) < 4.78 is 32.7. The van der Waals surface area contributed by atoms with Crippen LogP contribution in [-0.4, -0.2) is 26.4 Å². The smallest absolute Gasteiger partial charge is 0.243 e. The van der Waals surface area contributed by atoms with Gasteiger partial charge in [-0.05, 0) is 48.7 Å². The Morgan fingerprint density at radius 3 is 2.42 bits per heavy atom. The van der Waals surface area contributed by atoms with E-state index >= 15 is 0 Å². The molecule has 1 aliphatic rings. The number of benzene rings is 2. The predicted molar refractivity (Wildman–Crippen MR) is 95.3 cm³/mol. The van der Waals surface area contributed by atoms with Gasteiger partial charge in [0.25, 0.3) is 0 Å². The SMILES string of the molecule is COc1ccc([C@@H]2CCCN2S(=O)(=O)c2ccc(Cl)c(Cl)c2)cc1. The van der Waals surface area contributed by atoms with E-state index in [1.165, 1.54) is 22.5 Å². The molecular weight excluding hydrogens is 369 g/mol. The lowest BCUT2D eigenvalue weighted by molar-refractivity contribution is 0.394. The molecule has 1 heterocycles. The third kappa shape index (κ3) is 3.26. The number of ether oxygens (including phenoxy) is 1. The van der Waals surface area contributed by atoms with Crippen LogP contribution in [0.3, 0.4) is 0 Å². The first-order chi connectivity index (χ1) is 11.4. The molecule has 7 heteroatoms. The molecule has 0 bridgehead atoms. The lowest BCUT2D eigenvalue weighted by Gasteiger charge is -2.24. The Balaban J connectivity index is 1.94. The Kier molecular flexibility index (Phi) is 5.06. The molecule has 0 N–H and O–H groups in total. The summed E-state index contributed by atoms with van der Waals surface area (Å²) in [5, 5.41) is 0.571. The van der Waals surface area contributed by atoms with Gasteiger partial charge in [0.15, 0.2) is 0 Å². The van der Waals surface area contributed by atoms with Crippen LogP contribution < -0.4 is 4.74 Å². The van der Waals surface area contributed by atoms with Crippen LogP contribution in [0.1, 0.15) is 24.4 Å². The zero-order valence-corrected chi connectivity index (χ0v) is 15.4. The van der Waals surface area contributed by atoms with Gasteiger partial charge in [0.05, 0.1) is 28.1 Å². The highest BCUT2D eigenvalue weighted by Gasteiger charge is 2.36. The summed E-state index contributed by atoms with van der Waals surface area (Å²) in [6.45, 7) is 0.485. The summed E-state index contributed by atoms with van der Waals surface area (Å²) in [6.07, 6.45) is 1.60. The van der Waals surface area contributed by atoms with Gasteiger partial charge in [-0.1, -0.05) is 35.3 Å². The molecule has 0 unspecified atom stereocenters. The van der Waals surface area contributed by atoms with Crippen molar-refractivity contribution in [3.63, 3.8) is 0 Å². The molecule has 0 aliphatic carbocycles. The van der Waals surface area contributed by atoms with Crippen LogP contribution in [0.2, 0.25) is 10.0 Å². The average Bonchev–Trinajstić information content (AvgIpc) is 3.08. The van der Waals surface area contributed by atoms with Crippen LogP contribution in [0.5, 0.6) is 5.75 Å². The molecule has 4 nitrogen and oxygen atoms in total. The van der Waals surface area contributed by atoms with Gasteiger partial charge in [0.2, 0.25) is 10.0 Å². The molecule has 1 fully saturated rings.